The van der Waals surface area contributed by atoms with Gasteiger partial charge in [0.25, 0.3) is 0 Å². The number of primary amides is 1. The Morgan fingerprint density at radius 1 is 0.510 bits per heavy atom. The van der Waals surface area contributed by atoms with Crippen molar-refractivity contribution in [2.75, 3.05) is 78.5 Å². The van der Waals surface area contributed by atoms with E-state index in [4.69, 9.17) is 22.3 Å². The Morgan fingerprint density at radius 2 is 1.05 bits per heavy atom. The molecule has 21 N–H and O–H groups in total. The highest BCUT2D eigenvalue weighted by Crippen LogP contribution is 2.30. The SMILES string of the molecule is CCCC[C@H]1C(=O)N(C)[C@@H](CCCC)C(=O)N[C@@H](CC(C)C)CN[C@H](CNCCCCCCCCCCCCCCCCCCC(=O)O)CSCC(=O)N[C@@H](Cc2ccc(O)cc2)C(=O)N(C)[C@@H](C)C(=O)N[C@@H](CC(N)=O)C(=O)N2CCC[C@H]2C(=O)N[C@@H](CN)C(=O)N[C@@H](CC(C)C)C(=O)N2C[C@H](O)CC2C(=O)N[C@@H](Cc2c[nH]c3ccccc23)C(=O)N[C@@H](CCN)C(=O)N[C@@H](Cc2cn(CC(=O)O)c3ccccc23)C(=O)N1C. The molecule has 15 atom stereocenters. The van der Waals surface area contributed by atoms with E-state index in [2.05, 4.69) is 58.2 Å². The first-order valence-electron chi connectivity index (χ1n) is 53.8. The highest BCUT2D eigenvalue weighted by Gasteiger charge is 2.47. The number of benzene rings is 3. The van der Waals surface area contributed by atoms with Crippen molar-refractivity contribution in [1.29, 1.82) is 0 Å². The van der Waals surface area contributed by atoms with E-state index in [1.165, 1.54) is 111 Å². The minimum absolute atomic E-state index is 0.0235. The van der Waals surface area contributed by atoms with Crippen LogP contribution in [0.15, 0.2) is 85.2 Å². The fourth-order valence-corrected chi connectivity index (χ4v) is 20.8. The zero-order valence-corrected chi connectivity index (χ0v) is 89.8. The predicted octanol–water partition coefficient (Wildman–Crippen LogP) is 5.94. The van der Waals surface area contributed by atoms with Crippen molar-refractivity contribution in [3.05, 3.63) is 102 Å². The van der Waals surface area contributed by atoms with Gasteiger partial charge in [0.2, 0.25) is 82.7 Å². The molecule has 2 aromatic heterocycles. The highest BCUT2D eigenvalue weighted by atomic mass is 32.2. The predicted molar refractivity (Wildman–Crippen MR) is 571 cm³/mol. The maximum atomic E-state index is 16.1. The van der Waals surface area contributed by atoms with Gasteiger partial charge in [0, 0.05) is 138 Å². The van der Waals surface area contributed by atoms with Gasteiger partial charge >= 0.3 is 11.9 Å². The zero-order chi connectivity index (χ0) is 109. The average Bonchev–Trinajstić information content (AvgIpc) is 1.65. The van der Waals surface area contributed by atoms with Crippen LogP contribution in [0.4, 0.5) is 0 Å². The summed E-state index contributed by atoms with van der Waals surface area (Å²) in [6.07, 6.45) is 20.7. The number of para-hydroxylation sites is 2. The Balaban J connectivity index is 1.14. The number of H-pyrrole nitrogens is 1. The van der Waals surface area contributed by atoms with Gasteiger partial charge < -0.3 is 125 Å². The molecule has 0 bridgehead atoms. The van der Waals surface area contributed by atoms with E-state index in [0.29, 0.717) is 89.4 Å². The number of hydrogen-bond donors (Lipinski definition) is 18. The third-order valence-corrected chi connectivity index (χ3v) is 29.4. The van der Waals surface area contributed by atoms with Crippen molar-refractivity contribution in [3.8, 4) is 5.75 Å². The number of hydrogen-bond acceptors (Lipinski definition) is 23. The molecule has 0 spiro atoms. The lowest BCUT2D eigenvalue weighted by Crippen LogP contribution is -2.61. The molecule has 3 saturated heterocycles. The molecule has 5 heterocycles. The van der Waals surface area contributed by atoms with Crippen LogP contribution in [0.3, 0.4) is 0 Å². The molecule has 0 aliphatic carbocycles. The third-order valence-electron chi connectivity index (χ3n) is 28.3. The number of aromatic amines is 1. The van der Waals surface area contributed by atoms with Crippen LogP contribution in [0.5, 0.6) is 5.75 Å². The Hall–Kier alpha value is -11.8. The summed E-state index contributed by atoms with van der Waals surface area (Å²) in [4.78, 5) is 243. The maximum Gasteiger partial charge on any atom is 0.323 e. The van der Waals surface area contributed by atoms with Gasteiger partial charge in [0.1, 0.15) is 84.8 Å². The van der Waals surface area contributed by atoms with E-state index in [1.807, 2.05) is 27.7 Å². The molecule has 3 aromatic carbocycles. The molecule has 826 valence electrons. The summed E-state index contributed by atoms with van der Waals surface area (Å²) < 4.78 is 1.49. The number of phenols is 1. The standard InChI is InChI=1S/C108H168N20O20S/c1-11-13-39-89-101(141)115-74(52-68(3)4)62-113-75(61-112-50-34-28-26-24-22-20-18-16-15-17-19-21-23-25-27-29-43-95(133)134)66-149-67-94(132)116-84(54-71-44-46-76(129)47-45-71)104(144)123(8)70(7)97(137)119-86(58-93(111)131)106(146)127-51-35-42-90(127)102(142)122-87(59-110)100(140)120-83(53-69(5)6)107(147)128-64-77(130)57-92(128)103(143)118-82(55-72-60-114-80-38-32-30-36-78(72)80)99(139)117-81(48-49-109)98(138)121-85(105(145)125(10)91(40-14-12-2)108(148)124(89)9)56-73-63-126(65-96(135)136)88-41-33-31-37-79(73)88/h30-33,36-38,41,44-47,60,63,68-70,74-75,77,81-87,89-92,112-114,129-130H,11-29,34-35,39-40,42-43,48-59,61-62,64-67,109-110H2,1-10H3,(H2,111,131)(H,115,141)(H,116,132)(H,117,139)(H,118,143)(H,119,137)(H,120,140)(H,121,138)(H,122,142)(H,133,134)(H,135,136)/t70-,74-,75+,77+,81-,82-,83-,84-,85-,86-,87-,89-,90-,91-,92?/m0/s1. The van der Waals surface area contributed by atoms with Crippen LogP contribution >= 0.6 is 11.8 Å². The molecule has 5 aromatic rings. The number of carbonyl (C=O) groups is 16. The van der Waals surface area contributed by atoms with Crippen LogP contribution in [0.1, 0.15) is 258 Å². The monoisotopic (exact) mass is 2100 g/mol. The molecule has 8 rings (SSSR count). The molecular weight excluding hydrogens is 1930 g/mol. The number of nitrogens with zero attached hydrogens (tertiary/aromatic N) is 6. The number of amides is 14. The van der Waals surface area contributed by atoms with E-state index in [0.717, 1.165) is 72.5 Å². The second-order valence-corrected chi connectivity index (χ2v) is 42.3. The smallest absolute Gasteiger partial charge is 0.323 e. The van der Waals surface area contributed by atoms with E-state index >= 15 is 38.4 Å². The van der Waals surface area contributed by atoms with Crippen LogP contribution in [0, 0.1) is 11.8 Å². The van der Waals surface area contributed by atoms with E-state index in [1.54, 1.807) is 86.9 Å². The van der Waals surface area contributed by atoms with E-state index < -0.39 is 205 Å². The lowest BCUT2D eigenvalue weighted by molar-refractivity contribution is -0.149. The summed E-state index contributed by atoms with van der Waals surface area (Å²) in [5.74, 6) is -13.6. The quantitative estimate of drug-likeness (QED) is 0.0201. The summed E-state index contributed by atoms with van der Waals surface area (Å²) in [6, 6.07) is 1.76. The minimum atomic E-state index is -1.71. The fraction of sp³-hybridized carbons (Fsp3) is 0.648. The first-order chi connectivity index (χ1) is 71.2. The minimum Gasteiger partial charge on any atom is -0.508 e. The third kappa shape index (κ3) is 39.2. The largest absolute Gasteiger partial charge is 0.508 e. The second-order valence-electron chi connectivity index (χ2n) is 41.3. The highest BCUT2D eigenvalue weighted by molar-refractivity contribution is 8.00. The Morgan fingerprint density at radius 3 is 1.66 bits per heavy atom. The molecule has 1 unspecified atom stereocenters. The van der Waals surface area contributed by atoms with Gasteiger partial charge in [-0.3, -0.25) is 76.7 Å². The number of aliphatic hydroxyl groups excluding tert-OH is 1. The van der Waals surface area contributed by atoms with Crippen molar-refractivity contribution in [1.82, 2.24) is 87.2 Å². The van der Waals surface area contributed by atoms with Gasteiger partial charge in [-0.25, -0.2) is 0 Å². The molecule has 0 radical (unpaired) electrons. The first kappa shape index (κ1) is 122. The van der Waals surface area contributed by atoms with Crippen LogP contribution in [0.25, 0.3) is 21.8 Å². The van der Waals surface area contributed by atoms with Gasteiger partial charge in [-0.2, -0.15) is 11.8 Å². The van der Waals surface area contributed by atoms with Crippen LogP contribution in [0.2, 0.25) is 0 Å². The first-order valence-corrected chi connectivity index (χ1v) is 55.0. The lowest BCUT2D eigenvalue weighted by Gasteiger charge is -2.36. The molecular formula is C108H168N20O20S. The molecule has 41 heteroatoms. The Labute approximate surface area is 880 Å². The normalized spacial score (nSPS) is 23.7. The number of rotatable bonds is 44. The summed E-state index contributed by atoms with van der Waals surface area (Å²) in [6.45, 7) is 12.4. The molecule has 3 fully saturated rings. The van der Waals surface area contributed by atoms with Gasteiger partial charge in [0.05, 0.1) is 18.3 Å². The van der Waals surface area contributed by atoms with Gasteiger partial charge in [0.15, 0.2) is 0 Å². The van der Waals surface area contributed by atoms with E-state index in [9.17, 15) is 53.7 Å². The number of nitrogens with one attached hydrogen (secondary N) is 11. The number of aliphatic hydroxyl groups is 1. The molecule has 0 saturated carbocycles. The molecule has 14 amide bonds. The summed E-state index contributed by atoms with van der Waals surface area (Å²) >= 11 is 1.29. The van der Waals surface area contributed by atoms with Crippen molar-refractivity contribution >= 4 is 128 Å². The number of carboxylic acid groups (broad SMARTS) is 2. The zero-order valence-electron chi connectivity index (χ0n) is 88.9. The summed E-state index contributed by atoms with van der Waals surface area (Å²) in [5, 5.41) is 72.1. The molecule has 149 heavy (non-hydrogen) atoms. The van der Waals surface area contributed by atoms with Gasteiger partial charge in [-0.05, 0) is 131 Å². The van der Waals surface area contributed by atoms with Crippen molar-refractivity contribution in [2.45, 2.75) is 358 Å². The lowest BCUT2D eigenvalue weighted by atomic mass is 9.99. The number of aromatic nitrogens is 2. The number of thioether (sulfide) groups is 1. The number of phenolic OH excluding ortho intramolecular Hbond substituents is 1. The number of likely N-dealkylation sites (N-methyl/N-ethyl adjacent to an activating group) is 3. The number of carbonyl (C=O) groups excluding carboxylic acids is 14. The van der Waals surface area contributed by atoms with Gasteiger partial charge in [-0.1, -0.05) is 206 Å². The molecule has 40 nitrogen and oxygen atoms in total. The number of aliphatic carboxylic acids is 2. The number of aromatic hydroxyl groups is 1. The van der Waals surface area contributed by atoms with Crippen molar-refractivity contribution in [3.63, 3.8) is 0 Å². The van der Waals surface area contributed by atoms with E-state index in [-0.39, 0.29) is 120 Å². The second kappa shape index (κ2) is 63.4. The Bertz CT molecular complexity index is 5190. The molecule has 3 aliphatic rings. The summed E-state index contributed by atoms with van der Waals surface area (Å²) in [5.41, 5.74) is 21.0. The fourth-order valence-electron chi connectivity index (χ4n) is 19.9. The van der Waals surface area contributed by atoms with Crippen LogP contribution in [-0.2, 0) is 103 Å². The topological polar surface area (TPSA) is 589 Å². The van der Waals surface area contributed by atoms with Crippen molar-refractivity contribution < 1.29 is 97.1 Å². The number of unbranched alkanes of at least 4 members (excludes halogenated alkanes) is 17. The van der Waals surface area contributed by atoms with Crippen molar-refractivity contribution in [2.24, 2.45) is 29.0 Å². The molecule has 3 aliphatic heterocycles. The summed E-state index contributed by atoms with van der Waals surface area (Å²) in [7, 11) is 4.30. The average molecular weight is 2100 g/mol. The maximum absolute atomic E-state index is 16.1. The number of fused-ring (bicyclic) bond motifs is 4. The van der Waals surface area contributed by atoms with Gasteiger partial charge in [-0.15, -0.1) is 0 Å². The Kier molecular flexibility index (Phi) is 52.1. The van der Waals surface area contributed by atoms with Crippen LogP contribution < -0.4 is 70.4 Å². The number of nitrogens with two attached hydrogens (primary N) is 3. The number of carboxylic acids is 2. The van der Waals surface area contributed by atoms with Crippen LogP contribution in [-0.4, -0.2) is 318 Å².